The summed E-state index contributed by atoms with van der Waals surface area (Å²) in [6.07, 6.45) is 3.27. The van der Waals surface area contributed by atoms with E-state index in [1.165, 1.54) is 18.2 Å². The van der Waals surface area contributed by atoms with Gasteiger partial charge < -0.3 is 9.84 Å². The molecule has 3 rings (SSSR count). The van der Waals surface area contributed by atoms with E-state index in [4.69, 9.17) is 9.78 Å². The molecule has 9 heteroatoms. The fourth-order valence-electron chi connectivity index (χ4n) is 2.53. The van der Waals surface area contributed by atoms with E-state index in [1.54, 1.807) is 18.5 Å². The zero-order valence-corrected chi connectivity index (χ0v) is 14.7. The predicted molar refractivity (Wildman–Crippen MR) is 96.5 cm³/mol. The van der Waals surface area contributed by atoms with Gasteiger partial charge in [0.15, 0.2) is 0 Å². The summed E-state index contributed by atoms with van der Waals surface area (Å²) in [6.45, 7) is 3.86. The van der Waals surface area contributed by atoms with E-state index in [9.17, 15) is 10.1 Å². The van der Waals surface area contributed by atoms with Crippen LogP contribution in [0.25, 0.3) is 11.4 Å². The maximum absolute atomic E-state index is 11.4. The normalized spacial score (nSPS) is 11.8. The lowest BCUT2D eigenvalue weighted by atomic mass is 10.0. The number of rotatable bonds is 6. The van der Waals surface area contributed by atoms with Crippen molar-refractivity contribution in [2.45, 2.75) is 19.9 Å². The molecule has 0 fully saturated rings. The average Bonchev–Trinajstić information content (AvgIpc) is 3.16. The van der Waals surface area contributed by atoms with Crippen molar-refractivity contribution in [3.8, 4) is 17.5 Å². The van der Waals surface area contributed by atoms with Crippen LogP contribution in [0, 0.1) is 27.4 Å². The summed E-state index contributed by atoms with van der Waals surface area (Å²) in [7, 11) is 0. The van der Waals surface area contributed by atoms with E-state index in [0.29, 0.717) is 17.3 Å². The number of nitrogens with one attached hydrogen (secondary N) is 1. The van der Waals surface area contributed by atoms with Crippen molar-refractivity contribution in [2.75, 3.05) is 5.32 Å². The van der Waals surface area contributed by atoms with Crippen molar-refractivity contribution in [1.29, 1.82) is 5.26 Å². The fourth-order valence-corrected chi connectivity index (χ4v) is 2.53. The van der Waals surface area contributed by atoms with Crippen LogP contribution >= 0.6 is 0 Å². The average molecular weight is 364 g/mol. The van der Waals surface area contributed by atoms with Crippen LogP contribution in [-0.2, 0) is 0 Å². The van der Waals surface area contributed by atoms with Gasteiger partial charge in [0.05, 0.1) is 16.6 Å². The minimum atomic E-state index is -0.532. The summed E-state index contributed by atoms with van der Waals surface area (Å²) in [5, 5.41) is 27.4. The molecule has 1 aromatic carbocycles. The largest absolute Gasteiger partial charge is 0.368 e. The standard InChI is InChI=1S/C18H16N6O3/c1-11(2)16(18-22-17(23-27-18)13-4-3-7-20-10-13)21-14-6-5-12(9-19)8-15(14)24(25)26/h3-8,10-11,16,21H,1-2H3. The number of anilines is 1. The number of aromatic nitrogens is 3. The molecule has 0 amide bonds. The van der Waals surface area contributed by atoms with Crippen LogP contribution in [0.3, 0.4) is 0 Å². The van der Waals surface area contributed by atoms with Gasteiger partial charge in [-0.15, -0.1) is 0 Å². The lowest BCUT2D eigenvalue weighted by Gasteiger charge is -2.19. The molecule has 9 nitrogen and oxygen atoms in total. The van der Waals surface area contributed by atoms with Crippen molar-refractivity contribution in [1.82, 2.24) is 15.1 Å². The molecule has 1 unspecified atom stereocenters. The van der Waals surface area contributed by atoms with E-state index < -0.39 is 11.0 Å². The van der Waals surface area contributed by atoms with Gasteiger partial charge in [0, 0.05) is 24.0 Å². The van der Waals surface area contributed by atoms with Gasteiger partial charge in [-0.3, -0.25) is 15.1 Å². The number of nitrogens with zero attached hydrogens (tertiary/aromatic N) is 5. The topological polar surface area (TPSA) is 131 Å². The first-order valence-electron chi connectivity index (χ1n) is 8.18. The Morgan fingerprint density at radius 1 is 1.33 bits per heavy atom. The van der Waals surface area contributed by atoms with Crippen LogP contribution in [0.5, 0.6) is 0 Å². The molecule has 0 radical (unpaired) electrons. The van der Waals surface area contributed by atoms with Crippen molar-refractivity contribution in [3.05, 3.63) is 64.3 Å². The van der Waals surface area contributed by atoms with Crippen LogP contribution in [0.1, 0.15) is 31.3 Å². The molecule has 2 aromatic heterocycles. The quantitative estimate of drug-likeness (QED) is 0.517. The second-order valence-electron chi connectivity index (χ2n) is 6.16. The Bertz CT molecular complexity index is 994. The third-order valence-corrected chi connectivity index (χ3v) is 3.93. The summed E-state index contributed by atoms with van der Waals surface area (Å²) in [5.74, 6) is 0.699. The van der Waals surface area contributed by atoms with Gasteiger partial charge in [-0.1, -0.05) is 19.0 Å². The van der Waals surface area contributed by atoms with Gasteiger partial charge in [0.2, 0.25) is 11.7 Å². The molecule has 0 aliphatic carbocycles. The highest BCUT2D eigenvalue weighted by Crippen LogP contribution is 2.32. The van der Waals surface area contributed by atoms with E-state index >= 15 is 0 Å². The summed E-state index contributed by atoms with van der Waals surface area (Å²) >= 11 is 0. The molecule has 0 aliphatic rings. The van der Waals surface area contributed by atoms with E-state index in [-0.39, 0.29) is 22.9 Å². The number of pyridine rings is 1. The summed E-state index contributed by atoms with van der Waals surface area (Å²) in [6, 6.07) is 9.28. The maximum atomic E-state index is 11.4. The number of hydrogen-bond donors (Lipinski definition) is 1. The Kier molecular flexibility index (Phi) is 5.08. The van der Waals surface area contributed by atoms with Gasteiger partial charge in [-0.05, 0) is 30.2 Å². The van der Waals surface area contributed by atoms with Crippen LogP contribution < -0.4 is 5.32 Å². The van der Waals surface area contributed by atoms with E-state index in [0.717, 1.165) is 0 Å². The van der Waals surface area contributed by atoms with E-state index in [1.807, 2.05) is 26.0 Å². The number of nitriles is 1. The Balaban J connectivity index is 1.93. The molecular weight excluding hydrogens is 348 g/mol. The van der Waals surface area contributed by atoms with Crippen LogP contribution in [0.2, 0.25) is 0 Å². The monoisotopic (exact) mass is 364 g/mol. The van der Waals surface area contributed by atoms with Gasteiger partial charge in [0.1, 0.15) is 11.7 Å². The first-order chi connectivity index (χ1) is 13.0. The molecule has 0 aliphatic heterocycles. The smallest absolute Gasteiger partial charge is 0.293 e. The number of nitro groups is 1. The minimum absolute atomic E-state index is 0.00226. The highest BCUT2D eigenvalue weighted by Gasteiger charge is 2.26. The number of hydrogen-bond acceptors (Lipinski definition) is 8. The van der Waals surface area contributed by atoms with Crippen LogP contribution in [0.4, 0.5) is 11.4 Å². The first-order valence-corrected chi connectivity index (χ1v) is 8.18. The fraction of sp³-hybridized carbons (Fsp3) is 0.222. The van der Waals surface area contributed by atoms with Crippen molar-refractivity contribution >= 4 is 11.4 Å². The molecule has 1 N–H and O–H groups in total. The lowest BCUT2D eigenvalue weighted by molar-refractivity contribution is -0.384. The van der Waals surface area contributed by atoms with Crippen molar-refractivity contribution < 1.29 is 9.45 Å². The second kappa shape index (κ2) is 7.61. The maximum Gasteiger partial charge on any atom is 0.293 e. The molecule has 2 heterocycles. The Labute approximate surface area is 154 Å². The number of benzene rings is 1. The van der Waals surface area contributed by atoms with Gasteiger partial charge in [-0.2, -0.15) is 10.2 Å². The predicted octanol–water partition coefficient (Wildman–Crippen LogP) is 3.72. The highest BCUT2D eigenvalue weighted by atomic mass is 16.6. The van der Waals surface area contributed by atoms with Gasteiger partial charge in [0.25, 0.3) is 5.69 Å². The van der Waals surface area contributed by atoms with Gasteiger partial charge in [-0.25, -0.2) is 0 Å². The molecule has 3 aromatic rings. The molecule has 0 saturated heterocycles. The zero-order chi connectivity index (χ0) is 19.4. The third-order valence-electron chi connectivity index (χ3n) is 3.93. The molecule has 0 saturated carbocycles. The zero-order valence-electron chi connectivity index (χ0n) is 14.7. The Morgan fingerprint density at radius 3 is 2.78 bits per heavy atom. The SMILES string of the molecule is CC(C)C(Nc1ccc(C#N)cc1[N+](=O)[O-])c1nc(-c2cccnc2)no1. The number of nitro benzene ring substituents is 1. The lowest BCUT2D eigenvalue weighted by Crippen LogP contribution is -2.18. The van der Waals surface area contributed by atoms with Gasteiger partial charge >= 0.3 is 0 Å². The van der Waals surface area contributed by atoms with Crippen molar-refractivity contribution in [2.24, 2.45) is 5.92 Å². The third kappa shape index (κ3) is 3.90. The molecule has 27 heavy (non-hydrogen) atoms. The summed E-state index contributed by atoms with van der Waals surface area (Å²) in [4.78, 5) is 19.3. The molecule has 0 bridgehead atoms. The summed E-state index contributed by atoms with van der Waals surface area (Å²) < 4.78 is 5.39. The molecule has 0 spiro atoms. The van der Waals surface area contributed by atoms with E-state index in [2.05, 4.69) is 20.4 Å². The summed E-state index contributed by atoms with van der Waals surface area (Å²) in [5.41, 5.74) is 1.01. The highest BCUT2D eigenvalue weighted by molar-refractivity contribution is 5.64. The Morgan fingerprint density at radius 2 is 2.15 bits per heavy atom. The minimum Gasteiger partial charge on any atom is -0.368 e. The second-order valence-corrected chi connectivity index (χ2v) is 6.16. The molecule has 1 atom stereocenters. The molecule has 136 valence electrons. The Hall–Kier alpha value is -3.80. The van der Waals surface area contributed by atoms with Crippen molar-refractivity contribution in [3.63, 3.8) is 0 Å². The van der Waals surface area contributed by atoms with Crippen LogP contribution in [-0.4, -0.2) is 20.0 Å². The first kappa shape index (κ1) is 18.0. The molecular formula is C18H16N6O3. The van der Waals surface area contributed by atoms with Crippen LogP contribution in [0.15, 0.2) is 47.2 Å².